The van der Waals surface area contributed by atoms with Crippen LogP contribution in [0.15, 0.2) is 24.3 Å². The van der Waals surface area contributed by atoms with Gasteiger partial charge in [0, 0.05) is 12.6 Å². The summed E-state index contributed by atoms with van der Waals surface area (Å²) >= 11 is 0. The zero-order valence-electron chi connectivity index (χ0n) is 8.11. The van der Waals surface area contributed by atoms with Gasteiger partial charge in [-0.15, -0.1) is 10.2 Å². The molecule has 3 N–H and O–H groups in total. The second-order valence-corrected chi connectivity index (χ2v) is 3.06. The van der Waals surface area contributed by atoms with Gasteiger partial charge in [0.05, 0.1) is 0 Å². The quantitative estimate of drug-likeness (QED) is 0.567. The van der Waals surface area contributed by atoms with Gasteiger partial charge in [0.25, 0.3) is 0 Å². The predicted molar refractivity (Wildman–Crippen MR) is 54.2 cm³/mol. The highest BCUT2D eigenvalue weighted by atomic mass is 19.1. The average Bonchev–Trinajstić information content (AvgIpc) is 2.59. The van der Waals surface area contributed by atoms with Gasteiger partial charge in [0.1, 0.15) is 5.82 Å². The van der Waals surface area contributed by atoms with Crippen LogP contribution >= 0.6 is 0 Å². The maximum atomic E-state index is 13.0. The summed E-state index contributed by atoms with van der Waals surface area (Å²) < 4.78 is 14.6. The van der Waals surface area contributed by atoms with Crippen molar-refractivity contribution < 1.29 is 4.39 Å². The van der Waals surface area contributed by atoms with Gasteiger partial charge in [-0.2, -0.15) is 0 Å². The standard InChI is InChI=1S/C9H10FN5/c1-15-8(13-14-9(15)12-11)6-3-2-4-7(10)5-6/h2-5H,11H2,1H3,(H,12,14). The van der Waals surface area contributed by atoms with Gasteiger partial charge < -0.3 is 0 Å². The van der Waals surface area contributed by atoms with E-state index < -0.39 is 0 Å². The summed E-state index contributed by atoms with van der Waals surface area (Å²) in [5, 5.41) is 7.70. The van der Waals surface area contributed by atoms with Crippen molar-refractivity contribution >= 4 is 5.95 Å². The van der Waals surface area contributed by atoms with E-state index in [9.17, 15) is 4.39 Å². The third kappa shape index (κ3) is 1.66. The van der Waals surface area contributed by atoms with Gasteiger partial charge in [-0.25, -0.2) is 10.2 Å². The molecule has 1 aromatic heterocycles. The molecular weight excluding hydrogens is 197 g/mol. The lowest BCUT2D eigenvalue weighted by atomic mass is 10.2. The van der Waals surface area contributed by atoms with E-state index in [1.807, 2.05) is 0 Å². The minimum absolute atomic E-state index is 0.308. The van der Waals surface area contributed by atoms with Crippen LogP contribution in [0.2, 0.25) is 0 Å². The zero-order chi connectivity index (χ0) is 10.8. The molecule has 1 heterocycles. The number of nitrogens with one attached hydrogen (secondary N) is 1. The fourth-order valence-electron chi connectivity index (χ4n) is 1.33. The Kier molecular flexibility index (Phi) is 2.34. The molecule has 0 aliphatic carbocycles. The molecular formula is C9H10FN5. The Hall–Kier alpha value is -1.95. The van der Waals surface area contributed by atoms with E-state index in [1.165, 1.54) is 12.1 Å². The van der Waals surface area contributed by atoms with Crippen LogP contribution in [0.5, 0.6) is 0 Å². The molecule has 0 bridgehead atoms. The van der Waals surface area contributed by atoms with Gasteiger partial charge in [-0.1, -0.05) is 12.1 Å². The largest absolute Gasteiger partial charge is 0.296 e. The lowest BCUT2D eigenvalue weighted by molar-refractivity contribution is 0.628. The molecule has 15 heavy (non-hydrogen) atoms. The monoisotopic (exact) mass is 207 g/mol. The Bertz CT molecular complexity index is 479. The van der Waals surface area contributed by atoms with Crippen LogP contribution < -0.4 is 11.3 Å². The van der Waals surface area contributed by atoms with Gasteiger partial charge >= 0.3 is 0 Å². The lowest BCUT2D eigenvalue weighted by Crippen LogP contribution is -2.11. The molecule has 0 atom stereocenters. The van der Waals surface area contributed by atoms with Crippen LogP contribution in [0.25, 0.3) is 11.4 Å². The third-order valence-electron chi connectivity index (χ3n) is 2.09. The summed E-state index contributed by atoms with van der Waals surface area (Å²) in [5.74, 6) is 5.90. The van der Waals surface area contributed by atoms with Crippen LogP contribution in [0, 0.1) is 5.82 Å². The molecule has 5 nitrogen and oxygen atoms in total. The Labute approximate surface area is 85.7 Å². The number of hydrazine groups is 1. The molecule has 0 radical (unpaired) electrons. The van der Waals surface area contributed by atoms with Crippen LogP contribution in [0.4, 0.5) is 10.3 Å². The number of nitrogens with two attached hydrogens (primary N) is 1. The number of halogens is 1. The van der Waals surface area contributed by atoms with Gasteiger partial charge in [0.15, 0.2) is 5.82 Å². The first-order valence-electron chi connectivity index (χ1n) is 4.34. The minimum atomic E-state index is -0.308. The maximum Gasteiger partial charge on any atom is 0.238 e. The highest BCUT2D eigenvalue weighted by molar-refractivity contribution is 5.56. The summed E-state index contributed by atoms with van der Waals surface area (Å²) in [6.45, 7) is 0. The number of rotatable bonds is 2. The fourth-order valence-corrected chi connectivity index (χ4v) is 1.33. The molecule has 0 aliphatic heterocycles. The van der Waals surface area contributed by atoms with E-state index >= 15 is 0 Å². The average molecular weight is 207 g/mol. The second-order valence-electron chi connectivity index (χ2n) is 3.06. The van der Waals surface area contributed by atoms with Crippen molar-refractivity contribution in [2.45, 2.75) is 0 Å². The molecule has 0 unspecified atom stereocenters. The van der Waals surface area contributed by atoms with Crippen LogP contribution in [-0.2, 0) is 7.05 Å². The molecule has 0 amide bonds. The van der Waals surface area contributed by atoms with Crippen molar-refractivity contribution in [1.82, 2.24) is 14.8 Å². The Morgan fingerprint density at radius 1 is 1.40 bits per heavy atom. The van der Waals surface area contributed by atoms with Crippen molar-refractivity contribution in [2.75, 3.05) is 5.43 Å². The first-order valence-corrected chi connectivity index (χ1v) is 4.34. The third-order valence-corrected chi connectivity index (χ3v) is 2.09. The Morgan fingerprint density at radius 3 is 2.80 bits per heavy atom. The molecule has 0 fully saturated rings. The molecule has 0 spiro atoms. The Balaban J connectivity index is 2.49. The van der Waals surface area contributed by atoms with Crippen LogP contribution in [0.1, 0.15) is 0 Å². The molecule has 2 aromatic rings. The van der Waals surface area contributed by atoms with Gasteiger partial charge in [-0.3, -0.25) is 9.99 Å². The number of hydrogen-bond donors (Lipinski definition) is 2. The number of anilines is 1. The first-order chi connectivity index (χ1) is 7.22. The molecule has 0 saturated heterocycles. The molecule has 2 rings (SSSR count). The van der Waals surface area contributed by atoms with E-state index in [0.29, 0.717) is 17.3 Å². The van der Waals surface area contributed by atoms with E-state index in [-0.39, 0.29) is 5.82 Å². The molecule has 78 valence electrons. The van der Waals surface area contributed by atoms with E-state index in [0.717, 1.165) is 0 Å². The van der Waals surface area contributed by atoms with Gasteiger partial charge in [-0.05, 0) is 12.1 Å². The zero-order valence-corrected chi connectivity index (χ0v) is 8.11. The number of hydrogen-bond acceptors (Lipinski definition) is 4. The SMILES string of the molecule is Cn1c(NN)nnc1-c1cccc(F)c1. The summed E-state index contributed by atoms with van der Waals surface area (Å²) in [4.78, 5) is 0. The summed E-state index contributed by atoms with van der Waals surface area (Å²) in [5.41, 5.74) is 3.05. The summed E-state index contributed by atoms with van der Waals surface area (Å²) in [6.07, 6.45) is 0. The second kappa shape index (κ2) is 3.66. The maximum absolute atomic E-state index is 13.0. The molecule has 1 aromatic carbocycles. The minimum Gasteiger partial charge on any atom is -0.296 e. The van der Waals surface area contributed by atoms with Crippen molar-refractivity contribution in [3.63, 3.8) is 0 Å². The smallest absolute Gasteiger partial charge is 0.238 e. The van der Waals surface area contributed by atoms with Crippen molar-refractivity contribution in [3.05, 3.63) is 30.1 Å². The van der Waals surface area contributed by atoms with E-state index in [4.69, 9.17) is 5.84 Å². The van der Waals surface area contributed by atoms with Crippen LogP contribution in [-0.4, -0.2) is 14.8 Å². The van der Waals surface area contributed by atoms with Crippen molar-refractivity contribution in [3.8, 4) is 11.4 Å². The predicted octanol–water partition coefficient (Wildman–Crippen LogP) is 0.907. The number of nitrogen functional groups attached to an aromatic ring is 1. The molecule has 0 aliphatic rings. The normalized spacial score (nSPS) is 10.3. The summed E-state index contributed by atoms with van der Waals surface area (Å²) in [7, 11) is 1.75. The fraction of sp³-hybridized carbons (Fsp3) is 0.111. The first kappa shape index (κ1) is 9.60. The Morgan fingerprint density at radius 2 is 2.20 bits per heavy atom. The van der Waals surface area contributed by atoms with Gasteiger partial charge in [0.2, 0.25) is 5.95 Å². The number of aromatic nitrogens is 3. The summed E-state index contributed by atoms with van der Waals surface area (Å²) in [6, 6.07) is 6.15. The topological polar surface area (TPSA) is 68.8 Å². The lowest BCUT2D eigenvalue weighted by Gasteiger charge is -2.02. The number of nitrogens with zero attached hydrogens (tertiary/aromatic N) is 3. The van der Waals surface area contributed by atoms with E-state index in [1.54, 1.807) is 23.7 Å². The van der Waals surface area contributed by atoms with Crippen molar-refractivity contribution in [1.29, 1.82) is 0 Å². The highest BCUT2D eigenvalue weighted by Gasteiger charge is 2.09. The molecule has 0 saturated carbocycles. The number of benzene rings is 1. The molecule has 6 heteroatoms. The van der Waals surface area contributed by atoms with E-state index in [2.05, 4.69) is 15.6 Å². The highest BCUT2D eigenvalue weighted by Crippen LogP contribution is 2.19. The van der Waals surface area contributed by atoms with Crippen LogP contribution in [0.3, 0.4) is 0 Å². The van der Waals surface area contributed by atoms with Crippen molar-refractivity contribution in [2.24, 2.45) is 12.9 Å².